The van der Waals surface area contributed by atoms with Gasteiger partial charge in [0, 0.05) is 19.4 Å². The van der Waals surface area contributed by atoms with Crippen LogP contribution in [0.3, 0.4) is 0 Å². The van der Waals surface area contributed by atoms with Crippen LogP contribution >= 0.6 is 11.3 Å². The van der Waals surface area contributed by atoms with E-state index >= 15 is 0 Å². The molecule has 0 saturated carbocycles. The van der Waals surface area contributed by atoms with Crippen molar-refractivity contribution in [2.45, 2.75) is 25.9 Å². The van der Waals surface area contributed by atoms with Crippen molar-refractivity contribution in [1.82, 2.24) is 5.32 Å². The van der Waals surface area contributed by atoms with Crippen molar-refractivity contribution in [3.63, 3.8) is 0 Å². The minimum absolute atomic E-state index is 0.0187. The summed E-state index contributed by atoms with van der Waals surface area (Å²) in [5, 5.41) is 4.37. The Labute approximate surface area is 159 Å². The summed E-state index contributed by atoms with van der Waals surface area (Å²) in [5.41, 5.74) is 0. The van der Waals surface area contributed by atoms with Crippen molar-refractivity contribution in [3.05, 3.63) is 46.0 Å². The average molecular weight is 393 g/mol. The highest BCUT2D eigenvalue weighted by Crippen LogP contribution is 2.12. The van der Waals surface area contributed by atoms with Gasteiger partial charge in [-0.25, -0.2) is 4.79 Å². The molecule has 2 aromatic rings. The van der Waals surface area contributed by atoms with Crippen LogP contribution in [0.1, 0.15) is 45.2 Å². The molecule has 0 aliphatic rings. The van der Waals surface area contributed by atoms with Gasteiger partial charge < -0.3 is 19.2 Å². The molecule has 9 heteroatoms. The summed E-state index contributed by atoms with van der Waals surface area (Å²) < 4.78 is 14.7. The molecule has 2 rings (SSSR count). The summed E-state index contributed by atoms with van der Waals surface area (Å²) >= 11 is 1.34. The van der Waals surface area contributed by atoms with E-state index in [9.17, 15) is 19.2 Å². The van der Waals surface area contributed by atoms with Gasteiger partial charge >= 0.3 is 11.9 Å². The van der Waals surface area contributed by atoms with Crippen LogP contribution in [0.15, 0.2) is 34.1 Å². The molecular formula is C18H19NO7S. The first-order valence-electron chi connectivity index (χ1n) is 8.15. The maximum absolute atomic E-state index is 11.8. The number of carbonyl (C=O) groups excluding carboxylic acids is 4. The second-order valence-corrected chi connectivity index (χ2v) is 6.37. The summed E-state index contributed by atoms with van der Waals surface area (Å²) in [6, 6.07) is 6.43. The van der Waals surface area contributed by atoms with E-state index in [4.69, 9.17) is 9.15 Å². The number of ketones is 1. The fraction of sp³-hybridized carbons (Fsp3) is 0.333. The highest BCUT2D eigenvalue weighted by Gasteiger charge is 2.13. The number of methoxy groups -OCH3 is 1. The molecule has 0 bridgehead atoms. The lowest BCUT2D eigenvalue weighted by molar-refractivity contribution is -0.145. The normalized spacial score (nSPS) is 10.3. The number of ether oxygens (including phenoxy) is 2. The minimum Gasteiger partial charge on any atom is -0.463 e. The third-order valence-corrected chi connectivity index (χ3v) is 4.36. The predicted molar refractivity (Wildman–Crippen MR) is 95.4 cm³/mol. The zero-order chi connectivity index (χ0) is 19.6. The van der Waals surface area contributed by atoms with Gasteiger partial charge in [0.2, 0.25) is 11.7 Å². The van der Waals surface area contributed by atoms with Crippen molar-refractivity contribution in [1.29, 1.82) is 0 Å². The Kier molecular flexibility index (Phi) is 7.75. The van der Waals surface area contributed by atoms with Gasteiger partial charge in [-0.15, -0.1) is 11.3 Å². The van der Waals surface area contributed by atoms with Gasteiger partial charge in [-0.3, -0.25) is 14.4 Å². The van der Waals surface area contributed by atoms with E-state index in [0.29, 0.717) is 10.6 Å². The van der Waals surface area contributed by atoms with Crippen molar-refractivity contribution < 1.29 is 33.1 Å². The van der Waals surface area contributed by atoms with E-state index < -0.39 is 11.9 Å². The molecule has 0 aromatic carbocycles. The first-order valence-corrected chi connectivity index (χ1v) is 9.03. The van der Waals surface area contributed by atoms with Crippen LogP contribution in [0.5, 0.6) is 0 Å². The molecule has 2 aromatic heterocycles. The molecule has 144 valence electrons. The second kappa shape index (κ2) is 10.3. The zero-order valence-corrected chi connectivity index (χ0v) is 15.5. The van der Waals surface area contributed by atoms with Gasteiger partial charge in [-0.1, -0.05) is 6.07 Å². The molecule has 8 nitrogen and oxygen atoms in total. The molecule has 0 radical (unpaired) electrons. The lowest BCUT2D eigenvalue weighted by Crippen LogP contribution is -2.26. The lowest BCUT2D eigenvalue weighted by Gasteiger charge is -2.05. The van der Waals surface area contributed by atoms with Gasteiger partial charge in [0.1, 0.15) is 12.4 Å². The molecule has 0 unspecified atom stereocenters. The number of furan rings is 1. The van der Waals surface area contributed by atoms with E-state index in [1.54, 1.807) is 17.5 Å². The Morgan fingerprint density at radius 2 is 1.93 bits per heavy atom. The average Bonchev–Trinajstić information content (AvgIpc) is 3.35. The van der Waals surface area contributed by atoms with Crippen LogP contribution in [-0.2, 0) is 25.7 Å². The standard InChI is InChI=1S/C18H19NO7S/c1-24-18(23)14-6-4-12(26-14)11-25-17(22)8-9-19-16(21)7-5-13(20)15-3-2-10-27-15/h2-4,6,10H,5,7-9,11H2,1H3,(H,19,21). The van der Waals surface area contributed by atoms with Gasteiger partial charge in [-0.2, -0.15) is 0 Å². The number of nitrogens with one attached hydrogen (secondary N) is 1. The molecule has 1 N–H and O–H groups in total. The molecule has 0 atom stereocenters. The monoisotopic (exact) mass is 393 g/mol. The summed E-state index contributed by atoms with van der Waals surface area (Å²) in [5.74, 6) is -1.20. The van der Waals surface area contributed by atoms with Crippen molar-refractivity contribution in [3.8, 4) is 0 Å². The Bertz CT molecular complexity index is 795. The van der Waals surface area contributed by atoms with E-state index in [1.165, 1.54) is 30.6 Å². The minimum atomic E-state index is -0.618. The van der Waals surface area contributed by atoms with Gasteiger partial charge in [0.05, 0.1) is 18.4 Å². The van der Waals surface area contributed by atoms with E-state index in [2.05, 4.69) is 10.1 Å². The Morgan fingerprint density at radius 3 is 2.63 bits per heavy atom. The smallest absolute Gasteiger partial charge is 0.373 e. The second-order valence-electron chi connectivity index (χ2n) is 5.42. The zero-order valence-electron chi connectivity index (χ0n) is 14.7. The number of Topliss-reactive ketones (excluding diaryl/α,β-unsaturated/α-hetero) is 1. The number of amides is 1. The quantitative estimate of drug-likeness (QED) is 0.487. The summed E-state index contributed by atoms with van der Waals surface area (Å²) in [6.45, 7) is -0.0183. The number of esters is 2. The Morgan fingerprint density at radius 1 is 1.11 bits per heavy atom. The van der Waals surface area contributed by atoms with E-state index in [1.807, 2.05) is 0 Å². The van der Waals surface area contributed by atoms with Crippen molar-refractivity contribution in [2.24, 2.45) is 0 Å². The van der Waals surface area contributed by atoms with Crippen LogP contribution in [-0.4, -0.2) is 37.3 Å². The fourth-order valence-corrected chi connectivity index (χ4v) is 2.76. The molecule has 0 aliphatic carbocycles. The highest BCUT2D eigenvalue weighted by atomic mass is 32.1. The Balaban J connectivity index is 1.60. The molecule has 2 heterocycles. The molecule has 0 fully saturated rings. The molecule has 1 amide bonds. The number of carbonyl (C=O) groups is 4. The Hall–Kier alpha value is -2.94. The number of hydrogen-bond acceptors (Lipinski definition) is 8. The van der Waals surface area contributed by atoms with Crippen molar-refractivity contribution >= 4 is 35.0 Å². The molecular weight excluding hydrogens is 374 g/mol. The lowest BCUT2D eigenvalue weighted by atomic mass is 10.2. The maximum atomic E-state index is 11.8. The molecule has 0 saturated heterocycles. The van der Waals surface area contributed by atoms with E-state index in [0.717, 1.165) is 0 Å². The number of hydrogen-bond donors (Lipinski definition) is 1. The van der Waals surface area contributed by atoms with Gasteiger partial charge in [-0.05, 0) is 23.6 Å². The van der Waals surface area contributed by atoms with Crippen LogP contribution in [0, 0.1) is 0 Å². The van der Waals surface area contributed by atoms with Crippen LogP contribution < -0.4 is 5.32 Å². The molecule has 27 heavy (non-hydrogen) atoms. The molecule has 0 spiro atoms. The largest absolute Gasteiger partial charge is 0.463 e. The first kappa shape index (κ1) is 20.4. The predicted octanol–water partition coefficient (Wildman–Crippen LogP) is 2.34. The SMILES string of the molecule is COC(=O)c1ccc(COC(=O)CCNC(=O)CCC(=O)c2cccs2)o1. The number of rotatable bonds is 10. The third kappa shape index (κ3) is 6.70. The van der Waals surface area contributed by atoms with E-state index in [-0.39, 0.29) is 49.9 Å². The van der Waals surface area contributed by atoms with Gasteiger partial charge in [0.15, 0.2) is 5.78 Å². The third-order valence-electron chi connectivity index (χ3n) is 3.45. The van der Waals surface area contributed by atoms with Crippen LogP contribution in [0.25, 0.3) is 0 Å². The highest BCUT2D eigenvalue weighted by molar-refractivity contribution is 7.12. The summed E-state index contributed by atoms with van der Waals surface area (Å²) in [4.78, 5) is 47.0. The van der Waals surface area contributed by atoms with Gasteiger partial charge in [0.25, 0.3) is 0 Å². The van der Waals surface area contributed by atoms with Crippen LogP contribution in [0.4, 0.5) is 0 Å². The van der Waals surface area contributed by atoms with Crippen molar-refractivity contribution in [2.75, 3.05) is 13.7 Å². The summed E-state index contributed by atoms with van der Waals surface area (Å²) in [7, 11) is 1.23. The molecule has 0 aliphatic heterocycles. The number of thiophene rings is 1. The fourth-order valence-electron chi connectivity index (χ4n) is 2.07. The summed E-state index contributed by atoms with van der Waals surface area (Å²) in [6.07, 6.45) is 0.168. The van der Waals surface area contributed by atoms with Crippen LogP contribution in [0.2, 0.25) is 0 Å². The topological polar surface area (TPSA) is 112 Å². The first-order chi connectivity index (χ1) is 13.0. The maximum Gasteiger partial charge on any atom is 0.373 e.